The number of rotatable bonds is 5. The molecule has 0 unspecified atom stereocenters. The van der Waals surface area contributed by atoms with Gasteiger partial charge < -0.3 is 0 Å². The van der Waals surface area contributed by atoms with Crippen molar-refractivity contribution in [3.05, 3.63) is 29.8 Å². The summed E-state index contributed by atoms with van der Waals surface area (Å²) in [5.41, 5.74) is 1.43. The average Bonchev–Trinajstić information content (AvgIpc) is 2.93. The monoisotopic (exact) mass is 283 g/mol. The van der Waals surface area contributed by atoms with Gasteiger partial charge in [0.05, 0.1) is 24.1 Å². The van der Waals surface area contributed by atoms with Crippen LogP contribution < -0.4 is 4.72 Å². The van der Waals surface area contributed by atoms with E-state index in [4.69, 9.17) is 0 Å². The van der Waals surface area contributed by atoms with Crippen LogP contribution in [0.3, 0.4) is 0 Å². The molecule has 0 spiro atoms. The predicted octanol–water partition coefficient (Wildman–Crippen LogP) is 0.423. The lowest BCUT2D eigenvalue weighted by Gasteiger charge is -2.07. The van der Waals surface area contributed by atoms with Gasteiger partial charge in [0.1, 0.15) is 4.90 Å². The molecule has 2 aromatic heterocycles. The highest BCUT2D eigenvalue weighted by Crippen LogP contribution is 2.14. The van der Waals surface area contributed by atoms with Crippen molar-refractivity contribution in [2.45, 2.75) is 31.8 Å². The maximum absolute atomic E-state index is 12.2. The number of aromatic nitrogens is 4. The first-order valence-electron chi connectivity index (χ1n) is 5.94. The lowest BCUT2D eigenvalue weighted by atomic mass is 10.4. The number of hydrogen-bond donors (Lipinski definition) is 1. The van der Waals surface area contributed by atoms with Crippen LogP contribution in [0, 0.1) is 6.92 Å². The zero-order valence-corrected chi connectivity index (χ0v) is 12.0. The minimum absolute atomic E-state index is 0.204. The number of nitrogens with zero attached hydrogens (tertiary/aromatic N) is 4. The molecule has 104 valence electrons. The zero-order chi connectivity index (χ0) is 14.0. The highest BCUT2D eigenvalue weighted by atomic mass is 32.2. The van der Waals surface area contributed by atoms with Gasteiger partial charge in [-0.05, 0) is 19.9 Å². The number of hydrogen-bond acceptors (Lipinski definition) is 4. The Kier molecular flexibility index (Phi) is 3.72. The van der Waals surface area contributed by atoms with Gasteiger partial charge in [0.25, 0.3) is 0 Å². The third-order valence-electron chi connectivity index (χ3n) is 3.01. The molecule has 0 aromatic carbocycles. The van der Waals surface area contributed by atoms with Gasteiger partial charge in [-0.1, -0.05) is 0 Å². The van der Waals surface area contributed by atoms with Gasteiger partial charge in [-0.2, -0.15) is 10.2 Å². The van der Waals surface area contributed by atoms with Crippen LogP contribution in [0.5, 0.6) is 0 Å². The zero-order valence-electron chi connectivity index (χ0n) is 11.2. The molecule has 0 radical (unpaired) electrons. The summed E-state index contributed by atoms with van der Waals surface area (Å²) in [6.45, 7) is 4.51. The van der Waals surface area contributed by atoms with E-state index in [9.17, 15) is 8.42 Å². The molecule has 0 aliphatic heterocycles. The second-order valence-corrected chi connectivity index (χ2v) is 5.92. The second kappa shape index (κ2) is 5.14. The summed E-state index contributed by atoms with van der Waals surface area (Å²) in [7, 11) is -1.78. The van der Waals surface area contributed by atoms with E-state index in [0.717, 1.165) is 5.69 Å². The Morgan fingerprint density at radius 2 is 2.11 bits per heavy atom. The van der Waals surface area contributed by atoms with E-state index < -0.39 is 10.0 Å². The molecule has 7 nitrogen and oxygen atoms in total. The van der Waals surface area contributed by atoms with E-state index in [1.165, 1.54) is 6.20 Å². The minimum atomic E-state index is -3.55. The highest BCUT2D eigenvalue weighted by Gasteiger charge is 2.20. The molecule has 0 saturated heterocycles. The second-order valence-electron chi connectivity index (χ2n) is 4.18. The van der Waals surface area contributed by atoms with E-state index in [2.05, 4.69) is 14.9 Å². The topological polar surface area (TPSA) is 81.8 Å². The smallest absolute Gasteiger partial charge is 0.244 e. The summed E-state index contributed by atoms with van der Waals surface area (Å²) in [4.78, 5) is 0.219. The van der Waals surface area contributed by atoms with Crippen molar-refractivity contribution in [3.63, 3.8) is 0 Å². The molecule has 0 aliphatic rings. The molecule has 0 fully saturated rings. The molecular weight excluding hydrogens is 266 g/mol. The van der Waals surface area contributed by atoms with Crippen LogP contribution in [0.15, 0.2) is 23.4 Å². The van der Waals surface area contributed by atoms with Gasteiger partial charge in [0.15, 0.2) is 0 Å². The summed E-state index contributed by atoms with van der Waals surface area (Å²) in [6.07, 6.45) is 3.01. The molecule has 2 heterocycles. The lowest BCUT2D eigenvalue weighted by Crippen LogP contribution is -2.25. The predicted molar refractivity (Wildman–Crippen MR) is 69.9 cm³/mol. The summed E-state index contributed by atoms with van der Waals surface area (Å²) in [5, 5.41) is 8.03. The number of aryl methyl sites for hydroxylation is 2. The molecule has 0 atom stereocenters. The van der Waals surface area contributed by atoms with Crippen molar-refractivity contribution in [1.29, 1.82) is 0 Å². The van der Waals surface area contributed by atoms with Gasteiger partial charge in [-0.15, -0.1) is 0 Å². The van der Waals surface area contributed by atoms with Crippen molar-refractivity contribution in [1.82, 2.24) is 24.3 Å². The molecule has 0 amide bonds. The fourth-order valence-electron chi connectivity index (χ4n) is 1.83. The summed E-state index contributed by atoms with van der Waals surface area (Å²) < 4.78 is 30.2. The first kappa shape index (κ1) is 13.8. The van der Waals surface area contributed by atoms with E-state index in [1.54, 1.807) is 35.6 Å². The third kappa shape index (κ3) is 2.69. The standard InChI is InChI=1S/C11H17N5O2S/c1-4-16-9(2)11(8-13-16)19(17,18)14-7-10-5-6-12-15(10)3/h5-6,8,14H,4,7H2,1-3H3. The van der Waals surface area contributed by atoms with E-state index in [1.807, 2.05) is 6.92 Å². The Balaban J connectivity index is 2.19. The van der Waals surface area contributed by atoms with Crippen molar-refractivity contribution >= 4 is 10.0 Å². The Hall–Kier alpha value is -1.67. The fourth-order valence-corrected chi connectivity index (χ4v) is 3.01. The van der Waals surface area contributed by atoms with Crippen molar-refractivity contribution < 1.29 is 8.42 Å². The lowest BCUT2D eigenvalue weighted by molar-refractivity contribution is 0.575. The number of sulfonamides is 1. The van der Waals surface area contributed by atoms with E-state index in [-0.39, 0.29) is 11.4 Å². The number of nitrogens with one attached hydrogen (secondary N) is 1. The summed E-state index contributed by atoms with van der Waals surface area (Å²) in [5.74, 6) is 0. The Labute approximate surface area is 112 Å². The Morgan fingerprint density at radius 3 is 2.63 bits per heavy atom. The van der Waals surface area contributed by atoms with Crippen LogP contribution in [0.25, 0.3) is 0 Å². The molecule has 2 rings (SSSR count). The van der Waals surface area contributed by atoms with Gasteiger partial charge in [-0.3, -0.25) is 9.36 Å². The van der Waals surface area contributed by atoms with E-state index >= 15 is 0 Å². The summed E-state index contributed by atoms with van der Waals surface area (Å²) >= 11 is 0. The van der Waals surface area contributed by atoms with Crippen molar-refractivity contribution in [2.75, 3.05) is 0 Å². The van der Waals surface area contributed by atoms with Crippen LogP contribution in [0.4, 0.5) is 0 Å². The third-order valence-corrected chi connectivity index (χ3v) is 4.52. The summed E-state index contributed by atoms with van der Waals surface area (Å²) in [6, 6.07) is 1.77. The molecule has 0 bridgehead atoms. The van der Waals surface area contributed by atoms with Gasteiger partial charge in [0.2, 0.25) is 10.0 Å². The maximum atomic E-state index is 12.2. The van der Waals surface area contributed by atoms with Crippen molar-refractivity contribution in [2.24, 2.45) is 7.05 Å². The van der Waals surface area contributed by atoms with E-state index in [0.29, 0.717) is 12.2 Å². The van der Waals surface area contributed by atoms with Crippen LogP contribution in [0.1, 0.15) is 18.3 Å². The Bertz CT molecular complexity index is 671. The molecule has 8 heteroatoms. The van der Waals surface area contributed by atoms with Crippen LogP contribution in [0.2, 0.25) is 0 Å². The average molecular weight is 283 g/mol. The first-order valence-corrected chi connectivity index (χ1v) is 7.43. The SMILES string of the molecule is CCn1ncc(S(=O)(=O)NCc2ccnn2C)c1C. The minimum Gasteiger partial charge on any atom is -0.271 e. The van der Waals surface area contributed by atoms with Gasteiger partial charge >= 0.3 is 0 Å². The highest BCUT2D eigenvalue weighted by molar-refractivity contribution is 7.89. The molecule has 0 aliphatic carbocycles. The normalized spacial score (nSPS) is 11.9. The first-order chi connectivity index (χ1) is 8.95. The van der Waals surface area contributed by atoms with Gasteiger partial charge in [0, 0.05) is 19.8 Å². The van der Waals surface area contributed by atoms with Crippen LogP contribution in [-0.2, 0) is 30.2 Å². The fraction of sp³-hybridized carbons (Fsp3) is 0.455. The molecule has 1 N–H and O–H groups in total. The quantitative estimate of drug-likeness (QED) is 0.862. The molecule has 19 heavy (non-hydrogen) atoms. The largest absolute Gasteiger partial charge is 0.271 e. The molecule has 2 aromatic rings. The van der Waals surface area contributed by atoms with Crippen molar-refractivity contribution in [3.8, 4) is 0 Å². The molecule has 0 saturated carbocycles. The molecular formula is C11H17N5O2S. The van der Waals surface area contributed by atoms with Gasteiger partial charge in [-0.25, -0.2) is 13.1 Å². The maximum Gasteiger partial charge on any atom is 0.244 e. The van der Waals surface area contributed by atoms with Crippen LogP contribution >= 0.6 is 0 Å². The Morgan fingerprint density at radius 1 is 1.37 bits per heavy atom. The van der Waals surface area contributed by atoms with Crippen LogP contribution in [-0.4, -0.2) is 28.0 Å².